The number of benzene rings is 1. The highest BCUT2D eigenvalue weighted by Gasteiger charge is 2.47. The lowest BCUT2D eigenvalue weighted by Crippen LogP contribution is -2.69. The van der Waals surface area contributed by atoms with Crippen molar-refractivity contribution in [3.63, 3.8) is 0 Å². The second-order valence-electron chi connectivity index (χ2n) is 8.82. The number of unbranched alkanes of at least 4 members (excludes halogenated alkanes) is 1. The number of para-hydroxylation sites is 1. The van der Waals surface area contributed by atoms with E-state index in [0.29, 0.717) is 38.3 Å². The fourth-order valence-corrected chi connectivity index (χ4v) is 4.93. The minimum absolute atomic E-state index is 0.00816. The Labute approximate surface area is 172 Å². The Bertz CT molecular complexity index is 864. The zero-order valence-corrected chi connectivity index (χ0v) is 17.6. The van der Waals surface area contributed by atoms with Crippen LogP contribution in [0.1, 0.15) is 63.0 Å². The molecule has 29 heavy (non-hydrogen) atoms. The molecule has 2 aliphatic heterocycles. The number of piperidine rings is 1. The SMILES string of the molecule is CCCC[N+]1([O-])[C@@H]2COC[C@H]1C[C@@H](NC(=O)c1nn(C(C)C)c3ccccc13)C2. The maximum Gasteiger partial charge on any atom is 0.272 e. The van der Waals surface area contributed by atoms with Gasteiger partial charge in [0.2, 0.25) is 0 Å². The summed E-state index contributed by atoms with van der Waals surface area (Å²) in [4.78, 5) is 13.1. The summed E-state index contributed by atoms with van der Waals surface area (Å²) in [6.45, 7) is 7.87. The van der Waals surface area contributed by atoms with Crippen LogP contribution < -0.4 is 5.32 Å². The first-order valence-corrected chi connectivity index (χ1v) is 10.9. The van der Waals surface area contributed by atoms with Gasteiger partial charge in [-0.05, 0) is 26.3 Å². The van der Waals surface area contributed by atoms with Crippen LogP contribution in [0.15, 0.2) is 24.3 Å². The molecule has 7 heteroatoms. The van der Waals surface area contributed by atoms with Crippen LogP contribution in [-0.4, -0.2) is 58.2 Å². The van der Waals surface area contributed by atoms with E-state index in [0.717, 1.165) is 23.7 Å². The first-order chi connectivity index (χ1) is 13.9. The predicted octanol–water partition coefficient (Wildman–Crippen LogP) is 3.39. The van der Waals surface area contributed by atoms with Gasteiger partial charge in [-0.15, -0.1) is 0 Å². The van der Waals surface area contributed by atoms with Crippen molar-refractivity contribution in [3.05, 3.63) is 35.2 Å². The number of nitrogens with one attached hydrogen (secondary N) is 1. The third kappa shape index (κ3) is 3.67. The third-order valence-corrected chi connectivity index (χ3v) is 6.48. The van der Waals surface area contributed by atoms with Crippen molar-refractivity contribution in [2.75, 3.05) is 19.8 Å². The summed E-state index contributed by atoms with van der Waals surface area (Å²) < 4.78 is 7.45. The van der Waals surface area contributed by atoms with Gasteiger partial charge in [-0.3, -0.25) is 9.48 Å². The molecule has 0 radical (unpaired) electrons. The number of aromatic nitrogens is 2. The first-order valence-electron chi connectivity index (χ1n) is 10.9. The number of carbonyl (C=O) groups excluding carboxylic acids is 1. The highest BCUT2D eigenvalue weighted by atomic mass is 16.6. The van der Waals surface area contributed by atoms with E-state index in [9.17, 15) is 10.0 Å². The zero-order chi connectivity index (χ0) is 20.6. The molecule has 1 aromatic carbocycles. The maximum atomic E-state index is 13.5. The molecule has 3 heterocycles. The quantitative estimate of drug-likeness (QED) is 0.595. The molecule has 2 aromatic rings. The molecular weight excluding hydrogens is 368 g/mol. The predicted molar refractivity (Wildman–Crippen MR) is 112 cm³/mol. The minimum atomic E-state index is -0.149. The average Bonchev–Trinajstić information content (AvgIpc) is 3.07. The van der Waals surface area contributed by atoms with Crippen molar-refractivity contribution in [1.82, 2.24) is 15.1 Å². The summed E-state index contributed by atoms with van der Waals surface area (Å²) in [7, 11) is 0. The lowest BCUT2D eigenvalue weighted by molar-refractivity contribution is -0.943. The minimum Gasteiger partial charge on any atom is -0.632 e. The molecule has 1 amide bonds. The molecule has 2 aliphatic rings. The summed E-state index contributed by atoms with van der Waals surface area (Å²) in [5, 5.41) is 22.2. The van der Waals surface area contributed by atoms with Gasteiger partial charge in [0.25, 0.3) is 5.91 Å². The lowest BCUT2D eigenvalue weighted by atomic mass is 9.88. The monoisotopic (exact) mass is 400 g/mol. The smallest absolute Gasteiger partial charge is 0.272 e. The largest absolute Gasteiger partial charge is 0.632 e. The van der Waals surface area contributed by atoms with Crippen LogP contribution >= 0.6 is 0 Å². The number of amides is 1. The Kier molecular flexibility index (Phi) is 5.64. The molecule has 4 atom stereocenters. The summed E-state index contributed by atoms with van der Waals surface area (Å²) in [5.74, 6) is -0.149. The average molecular weight is 401 g/mol. The summed E-state index contributed by atoms with van der Waals surface area (Å²) >= 11 is 0. The Balaban J connectivity index is 1.52. The van der Waals surface area contributed by atoms with E-state index in [-0.39, 0.29) is 34.7 Å². The second kappa shape index (κ2) is 8.05. The molecule has 7 nitrogen and oxygen atoms in total. The van der Waals surface area contributed by atoms with E-state index in [1.807, 2.05) is 28.9 Å². The third-order valence-electron chi connectivity index (χ3n) is 6.48. The number of morpholine rings is 1. The Morgan fingerprint density at radius 3 is 2.66 bits per heavy atom. The van der Waals surface area contributed by atoms with Crippen molar-refractivity contribution in [1.29, 1.82) is 0 Å². The van der Waals surface area contributed by atoms with Crippen LogP contribution in [0.3, 0.4) is 0 Å². The Hall–Kier alpha value is -1.96. The molecule has 4 rings (SSSR count). The van der Waals surface area contributed by atoms with Gasteiger partial charge in [-0.2, -0.15) is 5.10 Å². The molecule has 1 N–H and O–H groups in total. The van der Waals surface area contributed by atoms with Crippen LogP contribution in [0.2, 0.25) is 0 Å². The molecule has 2 bridgehead atoms. The van der Waals surface area contributed by atoms with E-state index in [2.05, 4.69) is 31.2 Å². The van der Waals surface area contributed by atoms with E-state index in [1.54, 1.807) is 0 Å². The normalized spacial score (nSPS) is 29.3. The van der Waals surface area contributed by atoms with Gasteiger partial charge in [0.1, 0.15) is 12.1 Å². The van der Waals surface area contributed by atoms with Crippen molar-refractivity contribution >= 4 is 16.8 Å². The molecular formula is C22H32N4O3. The van der Waals surface area contributed by atoms with E-state index in [4.69, 9.17) is 4.74 Å². The number of nitrogens with zero attached hydrogens (tertiary/aromatic N) is 3. The van der Waals surface area contributed by atoms with Gasteiger partial charge >= 0.3 is 0 Å². The van der Waals surface area contributed by atoms with Gasteiger partial charge in [-0.25, -0.2) is 0 Å². The summed E-state index contributed by atoms with van der Waals surface area (Å²) in [5.41, 5.74) is 1.44. The molecule has 2 saturated heterocycles. The number of fused-ring (bicyclic) bond motifs is 3. The first kappa shape index (κ1) is 20.3. The Morgan fingerprint density at radius 1 is 1.31 bits per heavy atom. The van der Waals surface area contributed by atoms with Crippen LogP contribution in [0, 0.1) is 5.21 Å². The standard InChI is InChI=1S/C22H32N4O3/c1-4-5-10-26(28)17-11-16(12-18(26)14-29-13-17)23-22(27)21-19-8-6-7-9-20(19)25(24-21)15(2)3/h6-9,15-18H,4-5,10-14H2,1-3H3,(H,23,27)/t16-,17-,18+,26?. The summed E-state index contributed by atoms with van der Waals surface area (Å²) in [6.07, 6.45) is 3.29. The van der Waals surface area contributed by atoms with Crippen molar-refractivity contribution in [2.24, 2.45) is 0 Å². The number of quaternary nitrogens is 1. The van der Waals surface area contributed by atoms with Crippen molar-refractivity contribution in [3.8, 4) is 0 Å². The van der Waals surface area contributed by atoms with Gasteiger partial charge in [-0.1, -0.05) is 31.5 Å². The van der Waals surface area contributed by atoms with Crippen LogP contribution in [-0.2, 0) is 4.74 Å². The van der Waals surface area contributed by atoms with Crippen molar-refractivity contribution in [2.45, 2.75) is 70.6 Å². The Morgan fingerprint density at radius 2 is 2.00 bits per heavy atom. The van der Waals surface area contributed by atoms with Crippen LogP contribution in [0.25, 0.3) is 10.9 Å². The molecule has 2 fully saturated rings. The highest BCUT2D eigenvalue weighted by Crippen LogP contribution is 2.35. The number of ether oxygens (including phenoxy) is 1. The van der Waals surface area contributed by atoms with Crippen LogP contribution in [0.4, 0.5) is 0 Å². The van der Waals surface area contributed by atoms with Gasteiger partial charge in [0.05, 0.1) is 25.3 Å². The highest BCUT2D eigenvalue weighted by molar-refractivity contribution is 6.05. The number of carbonyl (C=O) groups is 1. The molecule has 1 aromatic heterocycles. The van der Waals surface area contributed by atoms with Gasteiger partial charge in [0, 0.05) is 30.3 Å². The fourth-order valence-electron chi connectivity index (χ4n) is 4.93. The molecule has 158 valence electrons. The summed E-state index contributed by atoms with van der Waals surface area (Å²) in [6, 6.07) is 7.83. The van der Waals surface area contributed by atoms with Crippen LogP contribution in [0.5, 0.6) is 0 Å². The number of hydroxylamine groups is 3. The van der Waals surface area contributed by atoms with Gasteiger partial charge in [0.15, 0.2) is 5.69 Å². The molecule has 0 saturated carbocycles. The molecule has 1 unspecified atom stereocenters. The fraction of sp³-hybridized carbons (Fsp3) is 0.636. The van der Waals surface area contributed by atoms with Gasteiger partial charge < -0.3 is 19.9 Å². The van der Waals surface area contributed by atoms with Crippen molar-refractivity contribution < 1.29 is 14.2 Å². The topological polar surface area (TPSA) is 79.2 Å². The lowest BCUT2D eigenvalue weighted by Gasteiger charge is -2.60. The number of rotatable bonds is 6. The number of hydrogen-bond acceptors (Lipinski definition) is 4. The molecule has 0 spiro atoms. The van der Waals surface area contributed by atoms with E-state index >= 15 is 0 Å². The maximum absolute atomic E-state index is 13.5. The van der Waals surface area contributed by atoms with E-state index < -0.39 is 0 Å². The zero-order valence-electron chi connectivity index (χ0n) is 17.6. The second-order valence-corrected chi connectivity index (χ2v) is 8.82. The number of hydrogen-bond donors (Lipinski definition) is 1. The molecule has 0 aliphatic carbocycles. The van der Waals surface area contributed by atoms with E-state index in [1.165, 1.54) is 0 Å².